The number of amides is 2. The number of carbonyl (C=O) groups excluding carboxylic acids is 1. The highest BCUT2D eigenvalue weighted by atomic mass is 16.5. The fourth-order valence-corrected chi connectivity index (χ4v) is 1.13. The van der Waals surface area contributed by atoms with E-state index in [0.29, 0.717) is 11.4 Å². The summed E-state index contributed by atoms with van der Waals surface area (Å²) in [6.07, 6.45) is 0. The molecule has 0 saturated heterocycles. The van der Waals surface area contributed by atoms with Gasteiger partial charge < -0.3 is 20.5 Å². The maximum absolute atomic E-state index is 11.4. The molecule has 17 heavy (non-hydrogen) atoms. The lowest BCUT2D eigenvalue weighted by atomic mass is 10.3. The van der Waals surface area contributed by atoms with E-state index in [1.165, 1.54) is 14.0 Å². The van der Waals surface area contributed by atoms with Crippen LogP contribution in [0, 0.1) is 0 Å². The first-order valence-electron chi connectivity index (χ1n) is 4.97. The molecule has 1 aromatic rings. The lowest BCUT2D eigenvalue weighted by Crippen LogP contribution is -2.40. The SMILES string of the molecule is COc1cccc(NC(=O)NC(C)C(=O)O)c1. The van der Waals surface area contributed by atoms with Crippen molar-refractivity contribution in [3.05, 3.63) is 24.3 Å². The molecule has 0 heterocycles. The van der Waals surface area contributed by atoms with Crippen LogP contribution in [-0.4, -0.2) is 30.3 Å². The van der Waals surface area contributed by atoms with Gasteiger partial charge in [-0.05, 0) is 19.1 Å². The molecule has 6 nitrogen and oxygen atoms in total. The zero-order chi connectivity index (χ0) is 12.8. The summed E-state index contributed by atoms with van der Waals surface area (Å²) in [5.74, 6) is -0.486. The molecule has 0 aliphatic carbocycles. The van der Waals surface area contributed by atoms with E-state index in [0.717, 1.165) is 0 Å². The maximum Gasteiger partial charge on any atom is 0.325 e. The molecule has 0 aliphatic rings. The number of urea groups is 1. The molecule has 0 spiro atoms. The van der Waals surface area contributed by atoms with E-state index in [9.17, 15) is 9.59 Å². The largest absolute Gasteiger partial charge is 0.497 e. The van der Waals surface area contributed by atoms with Gasteiger partial charge in [-0.15, -0.1) is 0 Å². The summed E-state index contributed by atoms with van der Waals surface area (Å²) in [6.45, 7) is 1.38. The van der Waals surface area contributed by atoms with Gasteiger partial charge in [0.1, 0.15) is 11.8 Å². The van der Waals surface area contributed by atoms with Crippen molar-refractivity contribution in [2.24, 2.45) is 0 Å². The maximum atomic E-state index is 11.4. The average molecular weight is 238 g/mol. The van der Waals surface area contributed by atoms with Gasteiger partial charge in [-0.3, -0.25) is 4.79 Å². The molecule has 1 rings (SSSR count). The zero-order valence-electron chi connectivity index (χ0n) is 9.56. The fourth-order valence-electron chi connectivity index (χ4n) is 1.13. The number of ether oxygens (including phenoxy) is 1. The second-order valence-electron chi connectivity index (χ2n) is 3.39. The number of carboxylic acid groups (broad SMARTS) is 1. The van der Waals surface area contributed by atoms with Gasteiger partial charge in [-0.1, -0.05) is 6.07 Å². The van der Waals surface area contributed by atoms with Gasteiger partial charge in [-0.2, -0.15) is 0 Å². The molecule has 1 unspecified atom stereocenters. The third kappa shape index (κ3) is 4.02. The lowest BCUT2D eigenvalue weighted by molar-refractivity contribution is -0.138. The first kappa shape index (κ1) is 12.8. The Morgan fingerprint density at radius 3 is 2.71 bits per heavy atom. The molecular weight excluding hydrogens is 224 g/mol. The van der Waals surface area contributed by atoms with Gasteiger partial charge in [0.2, 0.25) is 0 Å². The van der Waals surface area contributed by atoms with E-state index in [2.05, 4.69) is 10.6 Å². The van der Waals surface area contributed by atoms with E-state index in [1.807, 2.05) is 0 Å². The summed E-state index contributed by atoms with van der Waals surface area (Å²) >= 11 is 0. The first-order chi connectivity index (χ1) is 8.02. The molecule has 3 N–H and O–H groups in total. The van der Waals surface area contributed by atoms with Crippen LogP contribution in [-0.2, 0) is 4.79 Å². The lowest BCUT2D eigenvalue weighted by Gasteiger charge is -2.11. The van der Waals surface area contributed by atoms with Gasteiger partial charge in [-0.25, -0.2) is 4.79 Å². The number of benzene rings is 1. The minimum atomic E-state index is -1.09. The highest BCUT2D eigenvalue weighted by Crippen LogP contribution is 2.16. The Labute approximate surface area is 98.6 Å². The number of rotatable bonds is 4. The van der Waals surface area contributed by atoms with Gasteiger partial charge in [0.05, 0.1) is 7.11 Å². The smallest absolute Gasteiger partial charge is 0.325 e. The van der Waals surface area contributed by atoms with Crippen molar-refractivity contribution in [3.8, 4) is 5.75 Å². The van der Waals surface area contributed by atoms with Crippen molar-refractivity contribution in [3.63, 3.8) is 0 Å². The van der Waals surface area contributed by atoms with Crippen LogP contribution in [0.4, 0.5) is 10.5 Å². The predicted molar refractivity (Wildman–Crippen MR) is 62.2 cm³/mol. The number of hydrogen-bond acceptors (Lipinski definition) is 3. The Hall–Kier alpha value is -2.24. The second-order valence-corrected chi connectivity index (χ2v) is 3.39. The standard InChI is InChI=1S/C11H14N2O4/c1-7(10(14)15)12-11(16)13-8-4-3-5-9(6-8)17-2/h3-7H,1-2H3,(H,14,15)(H2,12,13,16). The molecule has 0 fully saturated rings. The molecule has 0 aliphatic heterocycles. The van der Waals surface area contributed by atoms with Crippen LogP contribution >= 0.6 is 0 Å². The quantitative estimate of drug-likeness (QED) is 0.737. The summed E-state index contributed by atoms with van der Waals surface area (Å²) in [4.78, 5) is 21.9. The third-order valence-corrected chi connectivity index (χ3v) is 2.05. The minimum absolute atomic E-state index is 0.527. The molecule has 1 aromatic carbocycles. The van der Waals surface area contributed by atoms with Crippen LogP contribution in [0.5, 0.6) is 5.75 Å². The van der Waals surface area contributed by atoms with Gasteiger partial charge in [0, 0.05) is 11.8 Å². The van der Waals surface area contributed by atoms with Crippen LogP contribution < -0.4 is 15.4 Å². The number of hydrogen-bond donors (Lipinski definition) is 3. The normalized spacial score (nSPS) is 11.4. The highest BCUT2D eigenvalue weighted by Gasteiger charge is 2.13. The summed E-state index contributed by atoms with van der Waals surface area (Å²) in [5.41, 5.74) is 0.527. The van der Waals surface area contributed by atoms with E-state index >= 15 is 0 Å². The van der Waals surface area contributed by atoms with Gasteiger partial charge >= 0.3 is 12.0 Å². The number of nitrogens with one attached hydrogen (secondary N) is 2. The van der Waals surface area contributed by atoms with Crippen molar-refractivity contribution in [1.82, 2.24) is 5.32 Å². The number of carboxylic acids is 1. The Balaban J connectivity index is 2.58. The first-order valence-corrected chi connectivity index (χ1v) is 4.97. The molecule has 92 valence electrons. The van der Waals surface area contributed by atoms with Crippen molar-refractivity contribution in [2.45, 2.75) is 13.0 Å². The number of anilines is 1. The van der Waals surface area contributed by atoms with Crippen LogP contribution in [0.25, 0.3) is 0 Å². The highest BCUT2D eigenvalue weighted by molar-refractivity contribution is 5.92. The van der Waals surface area contributed by atoms with Crippen molar-refractivity contribution >= 4 is 17.7 Å². The van der Waals surface area contributed by atoms with Crippen LogP contribution in [0.1, 0.15) is 6.92 Å². The summed E-state index contributed by atoms with van der Waals surface area (Å²) < 4.78 is 4.99. The Kier molecular flexibility index (Phi) is 4.33. The summed E-state index contributed by atoms with van der Waals surface area (Å²) in [6, 6.07) is 5.24. The number of carbonyl (C=O) groups is 2. The van der Waals surface area contributed by atoms with Crippen molar-refractivity contribution in [1.29, 1.82) is 0 Å². The molecule has 2 amide bonds. The van der Waals surface area contributed by atoms with Crippen LogP contribution in [0.3, 0.4) is 0 Å². The molecule has 6 heteroatoms. The molecular formula is C11H14N2O4. The number of methoxy groups -OCH3 is 1. The molecule has 0 aromatic heterocycles. The Morgan fingerprint density at radius 2 is 2.12 bits per heavy atom. The van der Waals surface area contributed by atoms with E-state index in [1.54, 1.807) is 24.3 Å². The van der Waals surface area contributed by atoms with E-state index in [-0.39, 0.29) is 0 Å². The molecule has 0 radical (unpaired) electrons. The Bertz CT molecular complexity index is 420. The summed E-state index contributed by atoms with van der Waals surface area (Å²) in [7, 11) is 1.52. The molecule has 1 atom stereocenters. The van der Waals surface area contributed by atoms with Crippen molar-refractivity contribution in [2.75, 3.05) is 12.4 Å². The van der Waals surface area contributed by atoms with E-state index in [4.69, 9.17) is 9.84 Å². The monoisotopic (exact) mass is 238 g/mol. The van der Waals surface area contributed by atoms with Crippen LogP contribution in [0.15, 0.2) is 24.3 Å². The molecule has 0 bridgehead atoms. The number of aliphatic carboxylic acids is 1. The minimum Gasteiger partial charge on any atom is -0.497 e. The topological polar surface area (TPSA) is 87.7 Å². The second kappa shape index (κ2) is 5.74. The van der Waals surface area contributed by atoms with Gasteiger partial charge in [0.15, 0.2) is 0 Å². The van der Waals surface area contributed by atoms with Gasteiger partial charge in [0.25, 0.3) is 0 Å². The average Bonchev–Trinajstić information content (AvgIpc) is 2.28. The summed E-state index contributed by atoms with van der Waals surface area (Å²) in [5, 5.41) is 13.4. The Morgan fingerprint density at radius 1 is 1.41 bits per heavy atom. The van der Waals surface area contributed by atoms with Crippen LogP contribution in [0.2, 0.25) is 0 Å². The van der Waals surface area contributed by atoms with Crippen molar-refractivity contribution < 1.29 is 19.4 Å². The third-order valence-electron chi connectivity index (χ3n) is 2.05. The van der Waals surface area contributed by atoms with E-state index < -0.39 is 18.0 Å². The molecule has 0 saturated carbocycles. The predicted octanol–water partition coefficient (Wildman–Crippen LogP) is 1.29. The zero-order valence-corrected chi connectivity index (χ0v) is 9.56. The fraction of sp³-hybridized carbons (Fsp3) is 0.273.